The average molecular weight is 343 g/mol. The third-order valence-electron chi connectivity index (χ3n) is 4.45. The molecule has 26 heavy (non-hydrogen) atoms. The van der Waals surface area contributed by atoms with Gasteiger partial charge in [-0.15, -0.1) is 0 Å². The fourth-order valence-corrected chi connectivity index (χ4v) is 3.10. The molecule has 0 unspecified atom stereocenters. The zero-order valence-electron chi connectivity index (χ0n) is 14.5. The van der Waals surface area contributed by atoms with Crippen molar-refractivity contribution in [3.05, 3.63) is 77.9 Å². The van der Waals surface area contributed by atoms with Gasteiger partial charge < -0.3 is 9.47 Å². The van der Waals surface area contributed by atoms with Crippen LogP contribution in [0.5, 0.6) is 11.5 Å². The molecule has 1 aromatic heterocycles. The second kappa shape index (κ2) is 6.48. The van der Waals surface area contributed by atoms with Crippen molar-refractivity contribution in [2.75, 3.05) is 14.2 Å². The Balaban J connectivity index is 1.91. The maximum Gasteiger partial charge on any atom is 0.195 e. The highest BCUT2D eigenvalue weighted by Crippen LogP contribution is 2.29. The van der Waals surface area contributed by atoms with Crippen LogP contribution in [-0.4, -0.2) is 25.0 Å². The number of para-hydroxylation sites is 2. The maximum absolute atomic E-state index is 13.0. The fraction of sp³-hybridized carbons (Fsp3) is 0.0909. The number of nitrogens with zero attached hydrogens (tertiary/aromatic N) is 1. The van der Waals surface area contributed by atoms with Gasteiger partial charge in [0.2, 0.25) is 0 Å². The molecule has 0 amide bonds. The number of fused-ring (bicyclic) bond motifs is 2. The van der Waals surface area contributed by atoms with Gasteiger partial charge in [-0.2, -0.15) is 0 Å². The second-order valence-corrected chi connectivity index (χ2v) is 5.96. The molecule has 4 nitrogen and oxygen atoms in total. The molecule has 4 aromatic rings. The van der Waals surface area contributed by atoms with Gasteiger partial charge in [-0.3, -0.25) is 4.79 Å². The van der Waals surface area contributed by atoms with Gasteiger partial charge in [0.25, 0.3) is 0 Å². The molecule has 0 aliphatic heterocycles. The highest BCUT2D eigenvalue weighted by molar-refractivity contribution is 6.16. The summed E-state index contributed by atoms with van der Waals surface area (Å²) in [7, 11) is 3.22. The van der Waals surface area contributed by atoms with Crippen molar-refractivity contribution < 1.29 is 14.3 Å². The number of hydrogen-bond donors (Lipinski definition) is 0. The topological polar surface area (TPSA) is 48.4 Å². The highest BCUT2D eigenvalue weighted by Gasteiger charge is 2.15. The Hall–Kier alpha value is -3.40. The molecule has 0 radical (unpaired) electrons. The number of ether oxygens (including phenoxy) is 2. The smallest absolute Gasteiger partial charge is 0.195 e. The van der Waals surface area contributed by atoms with E-state index >= 15 is 0 Å². The molecule has 4 heteroatoms. The molecule has 3 aromatic carbocycles. The predicted molar refractivity (Wildman–Crippen MR) is 102 cm³/mol. The van der Waals surface area contributed by atoms with E-state index in [1.165, 1.54) is 0 Å². The summed E-state index contributed by atoms with van der Waals surface area (Å²) < 4.78 is 10.6. The van der Waals surface area contributed by atoms with E-state index in [-0.39, 0.29) is 5.78 Å². The monoisotopic (exact) mass is 343 g/mol. The van der Waals surface area contributed by atoms with Crippen LogP contribution in [0.1, 0.15) is 15.9 Å². The first-order chi connectivity index (χ1) is 12.7. The number of methoxy groups -OCH3 is 2. The highest BCUT2D eigenvalue weighted by atomic mass is 16.5. The molecule has 1 heterocycles. The van der Waals surface area contributed by atoms with Crippen molar-refractivity contribution in [2.24, 2.45) is 0 Å². The van der Waals surface area contributed by atoms with Gasteiger partial charge in [0.05, 0.1) is 19.7 Å². The summed E-state index contributed by atoms with van der Waals surface area (Å²) in [6.07, 6.45) is 0. The van der Waals surface area contributed by atoms with Crippen LogP contribution < -0.4 is 9.47 Å². The number of benzene rings is 3. The van der Waals surface area contributed by atoms with E-state index in [9.17, 15) is 4.79 Å². The minimum absolute atomic E-state index is 0.0694. The Morgan fingerprint density at radius 1 is 0.808 bits per heavy atom. The van der Waals surface area contributed by atoms with E-state index in [1.54, 1.807) is 38.5 Å². The summed E-state index contributed by atoms with van der Waals surface area (Å²) in [5.41, 5.74) is 2.59. The summed E-state index contributed by atoms with van der Waals surface area (Å²) in [5, 5.41) is 1.90. The molecule has 0 aliphatic rings. The molecule has 4 rings (SSSR count). The second-order valence-electron chi connectivity index (χ2n) is 5.96. The zero-order chi connectivity index (χ0) is 18.1. The van der Waals surface area contributed by atoms with Gasteiger partial charge in [0, 0.05) is 21.9 Å². The predicted octanol–water partition coefficient (Wildman–Crippen LogP) is 4.64. The zero-order valence-corrected chi connectivity index (χ0v) is 14.5. The van der Waals surface area contributed by atoms with Crippen LogP contribution >= 0.6 is 0 Å². The van der Waals surface area contributed by atoms with Crippen LogP contribution in [-0.2, 0) is 0 Å². The van der Waals surface area contributed by atoms with Gasteiger partial charge in [-0.05, 0) is 42.5 Å². The summed E-state index contributed by atoms with van der Waals surface area (Å²) in [6, 6.07) is 20.6. The largest absolute Gasteiger partial charge is 0.497 e. The van der Waals surface area contributed by atoms with E-state index in [0.717, 1.165) is 16.3 Å². The fourth-order valence-electron chi connectivity index (χ4n) is 3.10. The maximum atomic E-state index is 13.0. The first kappa shape index (κ1) is 16.1. The van der Waals surface area contributed by atoms with Crippen LogP contribution in [0, 0.1) is 0 Å². The standard InChI is InChI=1S/C22H17NO3/c1-25-17-11-9-14(10-12-17)22(24)18-7-3-5-15-13-16-6-4-8-19(26-2)21(16)23-20(15)18/h3-13H,1-2H3. The first-order valence-electron chi connectivity index (χ1n) is 8.26. The molecule has 0 aliphatic carbocycles. The van der Waals surface area contributed by atoms with E-state index in [4.69, 9.17) is 14.5 Å². The Kier molecular flexibility index (Phi) is 4.01. The van der Waals surface area contributed by atoms with E-state index in [2.05, 4.69) is 0 Å². The Morgan fingerprint density at radius 3 is 2.19 bits per heavy atom. The summed E-state index contributed by atoms with van der Waals surface area (Å²) in [6.45, 7) is 0. The minimum atomic E-state index is -0.0694. The third kappa shape index (κ3) is 2.65. The third-order valence-corrected chi connectivity index (χ3v) is 4.45. The van der Waals surface area contributed by atoms with Crippen LogP contribution in [0.15, 0.2) is 66.7 Å². The first-order valence-corrected chi connectivity index (χ1v) is 8.26. The lowest BCUT2D eigenvalue weighted by atomic mass is 9.99. The van der Waals surface area contributed by atoms with Crippen LogP contribution in [0.3, 0.4) is 0 Å². The van der Waals surface area contributed by atoms with Gasteiger partial charge in [0.1, 0.15) is 17.0 Å². The number of carbonyl (C=O) groups excluding carboxylic acids is 1. The van der Waals surface area contributed by atoms with E-state index < -0.39 is 0 Å². The SMILES string of the molecule is COc1ccc(C(=O)c2cccc3cc4cccc(OC)c4nc23)cc1. The lowest BCUT2D eigenvalue weighted by Gasteiger charge is -2.09. The molecule has 0 bridgehead atoms. The molecule has 0 saturated carbocycles. The Morgan fingerprint density at radius 2 is 1.50 bits per heavy atom. The summed E-state index contributed by atoms with van der Waals surface area (Å²) >= 11 is 0. The number of hydrogen-bond acceptors (Lipinski definition) is 4. The van der Waals surface area contributed by atoms with Gasteiger partial charge >= 0.3 is 0 Å². The van der Waals surface area contributed by atoms with Crippen LogP contribution in [0.4, 0.5) is 0 Å². The summed E-state index contributed by atoms with van der Waals surface area (Å²) in [4.78, 5) is 17.8. The van der Waals surface area contributed by atoms with E-state index in [0.29, 0.717) is 28.1 Å². The molecule has 0 fully saturated rings. The molecular weight excluding hydrogens is 326 g/mol. The lowest BCUT2D eigenvalue weighted by molar-refractivity contribution is 0.104. The normalized spacial score (nSPS) is 10.8. The molecule has 0 atom stereocenters. The Bertz CT molecular complexity index is 1120. The number of rotatable bonds is 4. The minimum Gasteiger partial charge on any atom is -0.497 e. The molecule has 0 saturated heterocycles. The molecule has 0 spiro atoms. The lowest BCUT2D eigenvalue weighted by Crippen LogP contribution is -2.03. The van der Waals surface area contributed by atoms with Crippen molar-refractivity contribution in [2.45, 2.75) is 0 Å². The Labute approximate surface area is 151 Å². The van der Waals surface area contributed by atoms with Crippen LogP contribution in [0.2, 0.25) is 0 Å². The summed E-state index contributed by atoms with van der Waals surface area (Å²) in [5.74, 6) is 1.34. The number of carbonyl (C=O) groups is 1. The van der Waals surface area contributed by atoms with Crippen molar-refractivity contribution in [3.8, 4) is 11.5 Å². The molecule has 0 N–H and O–H groups in total. The number of pyridine rings is 1. The van der Waals surface area contributed by atoms with Crippen LogP contribution in [0.25, 0.3) is 21.8 Å². The van der Waals surface area contributed by atoms with Crippen molar-refractivity contribution in [1.29, 1.82) is 0 Å². The van der Waals surface area contributed by atoms with Crippen molar-refractivity contribution >= 4 is 27.6 Å². The van der Waals surface area contributed by atoms with Crippen molar-refractivity contribution in [3.63, 3.8) is 0 Å². The molecule has 128 valence electrons. The van der Waals surface area contributed by atoms with Crippen molar-refractivity contribution in [1.82, 2.24) is 4.98 Å². The van der Waals surface area contributed by atoms with Gasteiger partial charge in [-0.1, -0.05) is 24.3 Å². The average Bonchev–Trinajstić information content (AvgIpc) is 2.71. The number of ketones is 1. The quantitative estimate of drug-likeness (QED) is 0.400. The molecular formula is C22H17NO3. The van der Waals surface area contributed by atoms with E-state index in [1.807, 2.05) is 42.5 Å². The van der Waals surface area contributed by atoms with Gasteiger partial charge in [0.15, 0.2) is 5.78 Å². The van der Waals surface area contributed by atoms with Gasteiger partial charge in [-0.25, -0.2) is 4.98 Å². The number of aromatic nitrogens is 1.